The lowest BCUT2D eigenvalue weighted by Gasteiger charge is -2.10. The first-order chi connectivity index (χ1) is 12.2. The van der Waals surface area contributed by atoms with Crippen LogP contribution >= 0.6 is 0 Å². The molecule has 0 aliphatic carbocycles. The molecule has 0 aliphatic heterocycles. The predicted molar refractivity (Wildman–Crippen MR) is 97.6 cm³/mol. The van der Waals surface area contributed by atoms with Crippen LogP contribution in [0, 0.1) is 6.92 Å². The van der Waals surface area contributed by atoms with Gasteiger partial charge in [0.05, 0.1) is 12.7 Å². The van der Waals surface area contributed by atoms with Crippen molar-refractivity contribution in [3.8, 4) is 0 Å². The van der Waals surface area contributed by atoms with E-state index in [1.54, 1.807) is 30.5 Å². The maximum absolute atomic E-state index is 11.6. The Morgan fingerprint density at radius 1 is 1.04 bits per heavy atom. The number of esters is 1. The summed E-state index contributed by atoms with van der Waals surface area (Å²) in [5, 5.41) is 6.37. The van der Waals surface area contributed by atoms with Gasteiger partial charge in [0.15, 0.2) is 0 Å². The Balaban J connectivity index is 1.78. The molecule has 126 valence electrons. The third-order valence-electron chi connectivity index (χ3n) is 3.60. The van der Waals surface area contributed by atoms with Crippen LogP contribution in [-0.4, -0.2) is 23.0 Å². The zero-order chi connectivity index (χ0) is 17.6. The first kappa shape index (κ1) is 16.4. The second-order valence-electron chi connectivity index (χ2n) is 5.40. The highest BCUT2D eigenvalue weighted by Gasteiger charge is 2.07. The predicted octanol–water partition coefficient (Wildman–Crippen LogP) is 4.06. The van der Waals surface area contributed by atoms with Crippen molar-refractivity contribution in [3.63, 3.8) is 0 Å². The van der Waals surface area contributed by atoms with Gasteiger partial charge in [-0.2, -0.15) is 4.98 Å². The number of hydrogen-bond acceptors (Lipinski definition) is 6. The van der Waals surface area contributed by atoms with Crippen LogP contribution in [0.2, 0.25) is 0 Å². The summed E-state index contributed by atoms with van der Waals surface area (Å²) in [4.78, 5) is 20.3. The molecule has 6 heteroatoms. The molecule has 3 rings (SSSR count). The van der Waals surface area contributed by atoms with E-state index in [1.165, 1.54) is 7.11 Å². The number of nitrogens with zero attached hydrogens (tertiary/aromatic N) is 2. The molecule has 0 fully saturated rings. The van der Waals surface area contributed by atoms with E-state index < -0.39 is 0 Å². The van der Waals surface area contributed by atoms with Gasteiger partial charge in [0.25, 0.3) is 0 Å². The summed E-state index contributed by atoms with van der Waals surface area (Å²) in [5.74, 6) is 0.727. The number of ether oxygens (including phenoxy) is 1. The monoisotopic (exact) mass is 334 g/mol. The molecule has 1 aromatic heterocycles. The van der Waals surface area contributed by atoms with Gasteiger partial charge >= 0.3 is 5.97 Å². The number of rotatable bonds is 5. The third kappa shape index (κ3) is 4.11. The molecule has 0 saturated carbocycles. The van der Waals surface area contributed by atoms with E-state index in [0.717, 1.165) is 16.9 Å². The number of carbonyl (C=O) groups excluding carboxylic acids is 1. The minimum atomic E-state index is -0.381. The van der Waals surface area contributed by atoms with Gasteiger partial charge in [-0.15, -0.1) is 0 Å². The van der Waals surface area contributed by atoms with E-state index >= 15 is 0 Å². The number of carbonyl (C=O) groups is 1. The molecular formula is C19H18N4O2. The number of hydrogen-bond donors (Lipinski definition) is 2. The quantitative estimate of drug-likeness (QED) is 0.685. The van der Waals surface area contributed by atoms with Gasteiger partial charge in [0.2, 0.25) is 5.95 Å². The molecule has 2 aromatic carbocycles. The first-order valence-corrected chi connectivity index (χ1v) is 7.77. The number of methoxy groups -OCH3 is 1. The van der Waals surface area contributed by atoms with E-state index in [1.807, 2.05) is 37.3 Å². The normalized spacial score (nSPS) is 10.2. The molecule has 0 atom stereocenters. The van der Waals surface area contributed by atoms with Crippen LogP contribution < -0.4 is 10.6 Å². The molecule has 6 nitrogen and oxygen atoms in total. The summed E-state index contributed by atoms with van der Waals surface area (Å²) in [6.07, 6.45) is 1.67. The highest BCUT2D eigenvalue weighted by molar-refractivity contribution is 5.90. The van der Waals surface area contributed by atoms with Crippen LogP contribution in [0.4, 0.5) is 23.1 Å². The van der Waals surface area contributed by atoms with Gasteiger partial charge in [-0.1, -0.05) is 24.3 Å². The van der Waals surface area contributed by atoms with E-state index in [2.05, 4.69) is 20.6 Å². The summed E-state index contributed by atoms with van der Waals surface area (Å²) in [7, 11) is 1.36. The zero-order valence-corrected chi connectivity index (χ0v) is 14.0. The summed E-state index contributed by atoms with van der Waals surface area (Å²) >= 11 is 0. The molecule has 25 heavy (non-hydrogen) atoms. The van der Waals surface area contributed by atoms with Crippen molar-refractivity contribution in [2.24, 2.45) is 0 Å². The van der Waals surface area contributed by atoms with Gasteiger partial charge in [0, 0.05) is 17.6 Å². The maximum atomic E-state index is 11.6. The van der Waals surface area contributed by atoms with Crippen LogP contribution in [0.25, 0.3) is 0 Å². The smallest absolute Gasteiger partial charge is 0.337 e. The van der Waals surface area contributed by atoms with Crippen LogP contribution in [0.5, 0.6) is 0 Å². The van der Waals surface area contributed by atoms with E-state index in [0.29, 0.717) is 17.3 Å². The first-order valence-electron chi connectivity index (χ1n) is 7.77. The highest BCUT2D eigenvalue weighted by Crippen LogP contribution is 2.20. The Morgan fingerprint density at radius 2 is 1.88 bits per heavy atom. The van der Waals surface area contributed by atoms with Crippen LogP contribution in [0.1, 0.15) is 15.9 Å². The Hall–Kier alpha value is -3.41. The van der Waals surface area contributed by atoms with Crippen molar-refractivity contribution >= 4 is 29.1 Å². The second-order valence-corrected chi connectivity index (χ2v) is 5.40. The standard InChI is InChI=1S/C19H18N4O2/c1-13-6-3-4-9-16(13)22-19-20-11-10-17(23-19)21-15-8-5-7-14(12-15)18(24)25-2/h3-12H,1-2H3,(H2,20,21,22,23). The van der Waals surface area contributed by atoms with E-state index in [9.17, 15) is 4.79 Å². The molecule has 3 aromatic rings. The Labute approximate surface area is 145 Å². The number of nitrogens with one attached hydrogen (secondary N) is 2. The molecule has 0 bridgehead atoms. The lowest BCUT2D eigenvalue weighted by atomic mass is 10.2. The van der Waals surface area contributed by atoms with Crippen molar-refractivity contribution in [2.75, 3.05) is 17.7 Å². The largest absolute Gasteiger partial charge is 0.465 e. The fourth-order valence-electron chi connectivity index (χ4n) is 2.31. The summed E-state index contributed by atoms with van der Waals surface area (Å²) < 4.78 is 4.74. The van der Waals surface area contributed by atoms with Gasteiger partial charge in [-0.3, -0.25) is 0 Å². The second kappa shape index (κ2) is 7.44. The van der Waals surface area contributed by atoms with Crippen LogP contribution in [-0.2, 0) is 4.74 Å². The lowest BCUT2D eigenvalue weighted by Crippen LogP contribution is -2.03. The minimum absolute atomic E-state index is 0.381. The molecule has 0 radical (unpaired) electrons. The Kier molecular flexibility index (Phi) is 4.89. The highest BCUT2D eigenvalue weighted by atomic mass is 16.5. The lowest BCUT2D eigenvalue weighted by molar-refractivity contribution is 0.0601. The summed E-state index contributed by atoms with van der Waals surface area (Å²) in [5.41, 5.74) is 3.27. The van der Waals surface area contributed by atoms with Crippen LogP contribution in [0.3, 0.4) is 0 Å². The molecule has 0 amide bonds. The van der Waals surface area contributed by atoms with Gasteiger partial charge in [-0.05, 0) is 42.8 Å². The zero-order valence-electron chi connectivity index (χ0n) is 14.0. The number of benzene rings is 2. The number of anilines is 4. The third-order valence-corrected chi connectivity index (χ3v) is 3.60. The molecule has 2 N–H and O–H groups in total. The van der Waals surface area contributed by atoms with Crippen molar-refractivity contribution in [2.45, 2.75) is 6.92 Å². The fourth-order valence-corrected chi connectivity index (χ4v) is 2.31. The summed E-state index contributed by atoms with van der Waals surface area (Å²) in [6.45, 7) is 2.02. The van der Waals surface area contributed by atoms with Crippen molar-refractivity contribution in [1.29, 1.82) is 0 Å². The van der Waals surface area contributed by atoms with E-state index in [-0.39, 0.29) is 5.97 Å². The molecule has 0 saturated heterocycles. The van der Waals surface area contributed by atoms with Gasteiger partial charge in [-0.25, -0.2) is 9.78 Å². The molecular weight excluding hydrogens is 316 g/mol. The topological polar surface area (TPSA) is 76.1 Å². The molecule has 0 spiro atoms. The van der Waals surface area contributed by atoms with Crippen molar-refractivity contribution in [1.82, 2.24) is 9.97 Å². The SMILES string of the molecule is COC(=O)c1cccc(Nc2ccnc(Nc3ccccc3C)n2)c1. The van der Waals surface area contributed by atoms with Crippen molar-refractivity contribution in [3.05, 3.63) is 71.9 Å². The number of para-hydroxylation sites is 1. The minimum Gasteiger partial charge on any atom is -0.465 e. The van der Waals surface area contributed by atoms with E-state index in [4.69, 9.17) is 4.74 Å². The average Bonchev–Trinajstić information content (AvgIpc) is 2.63. The van der Waals surface area contributed by atoms with Gasteiger partial charge < -0.3 is 15.4 Å². The molecule has 1 heterocycles. The molecule has 0 aliphatic rings. The summed E-state index contributed by atoms with van der Waals surface area (Å²) in [6, 6.07) is 16.7. The Bertz CT molecular complexity index is 896. The van der Waals surface area contributed by atoms with Crippen LogP contribution in [0.15, 0.2) is 60.8 Å². The van der Waals surface area contributed by atoms with Crippen molar-refractivity contribution < 1.29 is 9.53 Å². The maximum Gasteiger partial charge on any atom is 0.337 e. The fraction of sp³-hybridized carbons (Fsp3) is 0.105. The van der Waals surface area contributed by atoms with Gasteiger partial charge in [0.1, 0.15) is 5.82 Å². The number of aryl methyl sites for hydroxylation is 1. The molecule has 0 unspecified atom stereocenters. The Morgan fingerprint density at radius 3 is 2.68 bits per heavy atom. The average molecular weight is 334 g/mol. The number of aromatic nitrogens is 2.